The zero-order valence-corrected chi connectivity index (χ0v) is 25.2. The van der Waals surface area contributed by atoms with Crippen LogP contribution in [0.4, 0.5) is 5.69 Å². The fraction of sp³-hybridized carbons (Fsp3) is 0.176. The van der Waals surface area contributed by atoms with Crippen LogP contribution in [0.3, 0.4) is 0 Å². The van der Waals surface area contributed by atoms with Gasteiger partial charge in [0.1, 0.15) is 4.53 Å². The molecule has 4 aromatic rings. The molecule has 0 spiro atoms. The third-order valence-electron chi connectivity index (χ3n) is 7.53. The van der Waals surface area contributed by atoms with E-state index in [-0.39, 0.29) is 29.2 Å². The molecule has 2 aliphatic rings. The minimum Gasteiger partial charge on any atom is -0.493 e. The average molecular weight is 608 g/mol. The van der Waals surface area contributed by atoms with Crippen LogP contribution in [-0.4, -0.2) is 43.8 Å². The van der Waals surface area contributed by atoms with Crippen molar-refractivity contribution in [2.45, 2.75) is 13.0 Å². The van der Waals surface area contributed by atoms with Gasteiger partial charge in [-0.2, -0.15) is 0 Å². The van der Waals surface area contributed by atoms with Crippen molar-refractivity contribution in [3.05, 3.63) is 127 Å². The molecular weight excluding hydrogens is 578 g/mol. The number of esters is 1. The minimum atomic E-state index is -0.939. The number of carbonyl (C=O) groups excluding carboxylic acids is 2. The predicted molar refractivity (Wildman–Crippen MR) is 169 cm³/mol. The number of ether oxygens (including phenoxy) is 3. The number of hydrogen-bond acceptors (Lipinski definition) is 8. The standard InChI is InChI=1S/C34H29N3O6S/c1-5-18-36-23-15-11-10-14-22(23)26(31(36)38)30-32(39)37-29(21-16-17-24(41-3)25(19-21)42-4)27(33(40)43-6-2)28(35-34(37)44-30)20-12-8-7-9-13-20/h5,7-17,19,29H,1,6,18H2,2-4H3/b30-26+/t29-/m1/s1. The number of hydrogen-bond donors (Lipinski definition) is 0. The monoisotopic (exact) mass is 607 g/mol. The molecule has 9 nitrogen and oxygen atoms in total. The topological polar surface area (TPSA) is 99.4 Å². The van der Waals surface area contributed by atoms with Gasteiger partial charge in [-0.3, -0.25) is 14.2 Å². The number of nitrogens with zero attached hydrogens (tertiary/aromatic N) is 3. The highest BCUT2D eigenvalue weighted by molar-refractivity contribution is 7.07. The molecule has 44 heavy (non-hydrogen) atoms. The molecule has 0 N–H and O–H groups in total. The summed E-state index contributed by atoms with van der Waals surface area (Å²) in [6.07, 6.45) is 1.65. The maximum atomic E-state index is 14.5. The fourth-order valence-electron chi connectivity index (χ4n) is 5.64. The molecule has 3 heterocycles. The number of amides is 1. The number of anilines is 1. The number of aromatic nitrogens is 1. The van der Waals surface area contributed by atoms with Crippen molar-refractivity contribution in [3.63, 3.8) is 0 Å². The molecule has 0 aliphatic carbocycles. The quantitative estimate of drug-likeness (QED) is 0.223. The molecule has 0 bridgehead atoms. The lowest BCUT2D eigenvalue weighted by atomic mass is 9.93. The van der Waals surface area contributed by atoms with E-state index in [9.17, 15) is 14.4 Å². The summed E-state index contributed by atoms with van der Waals surface area (Å²) >= 11 is 1.12. The largest absolute Gasteiger partial charge is 0.493 e. The molecular formula is C34H29N3O6S. The van der Waals surface area contributed by atoms with Crippen LogP contribution in [0.5, 0.6) is 11.5 Å². The van der Waals surface area contributed by atoms with Crippen LogP contribution in [0, 0.1) is 0 Å². The highest BCUT2D eigenvalue weighted by atomic mass is 32.1. The minimum absolute atomic E-state index is 0.127. The first-order chi connectivity index (χ1) is 21.4. The van der Waals surface area contributed by atoms with E-state index in [4.69, 9.17) is 19.2 Å². The smallest absolute Gasteiger partial charge is 0.338 e. The van der Waals surface area contributed by atoms with E-state index in [2.05, 4.69) is 6.58 Å². The lowest BCUT2D eigenvalue weighted by molar-refractivity contribution is -0.138. The van der Waals surface area contributed by atoms with E-state index >= 15 is 0 Å². The highest BCUT2D eigenvalue weighted by Gasteiger charge is 2.38. The van der Waals surface area contributed by atoms with E-state index in [0.717, 1.165) is 11.3 Å². The summed E-state index contributed by atoms with van der Waals surface area (Å²) in [5.41, 5.74) is 3.04. The molecule has 6 rings (SSSR count). The summed E-state index contributed by atoms with van der Waals surface area (Å²) in [6.45, 7) is 5.94. The van der Waals surface area contributed by atoms with Gasteiger partial charge in [-0.05, 0) is 30.7 Å². The van der Waals surface area contributed by atoms with Crippen molar-refractivity contribution in [1.82, 2.24) is 4.57 Å². The number of methoxy groups -OCH3 is 2. The van der Waals surface area contributed by atoms with Gasteiger partial charge in [0.2, 0.25) is 0 Å². The van der Waals surface area contributed by atoms with E-state index in [0.29, 0.717) is 49.9 Å². The Morgan fingerprint density at radius 2 is 1.73 bits per heavy atom. The Hall–Kier alpha value is -5.22. The lowest BCUT2D eigenvalue weighted by Gasteiger charge is -2.26. The first-order valence-corrected chi connectivity index (χ1v) is 14.8. The first kappa shape index (κ1) is 28.9. The number of thiazole rings is 1. The highest BCUT2D eigenvalue weighted by Crippen LogP contribution is 2.39. The molecule has 1 aromatic heterocycles. The summed E-state index contributed by atoms with van der Waals surface area (Å²) in [5, 5.41) is 0. The van der Waals surface area contributed by atoms with Crippen LogP contribution < -0.4 is 29.3 Å². The SMILES string of the molecule is C=CCN1C(=O)/C(=c2/sc3n(c2=O)[C@H](c2ccc(OC)c(OC)c2)C(C(=O)OCC)=C(c2ccccc2)N=3)c2ccccc21. The zero-order chi connectivity index (χ0) is 31.0. The van der Waals surface area contributed by atoms with Crippen molar-refractivity contribution < 1.29 is 23.8 Å². The third-order valence-corrected chi connectivity index (χ3v) is 8.59. The molecule has 10 heteroatoms. The Morgan fingerprint density at radius 1 is 1.00 bits per heavy atom. The molecule has 0 unspecified atom stereocenters. The summed E-state index contributed by atoms with van der Waals surface area (Å²) in [7, 11) is 3.05. The van der Waals surface area contributed by atoms with Gasteiger partial charge in [0.15, 0.2) is 16.3 Å². The lowest BCUT2D eigenvalue weighted by Crippen LogP contribution is -2.41. The maximum Gasteiger partial charge on any atom is 0.338 e. The normalized spacial score (nSPS) is 16.7. The number of rotatable bonds is 8. The van der Waals surface area contributed by atoms with Gasteiger partial charge in [0.25, 0.3) is 11.5 Å². The van der Waals surface area contributed by atoms with E-state index < -0.39 is 17.6 Å². The van der Waals surface area contributed by atoms with Crippen molar-refractivity contribution >= 4 is 40.2 Å². The van der Waals surface area contributed by atoms with Gasteiger partial charge in [-0.1, -0.05) is 72.0 Å². The van der Waals surface area contributed by atoms with Crippen molar-refractivity contribution in [1.29, 1.82) is 0 Å². The maximum absolute atomic E-state index is 14.5. The Morgan fingerprint density at radius 3 is 2.43 bits per heavy atom. The Bertz CT molecular complexity index is 2030. The second kappa shape index (κ2) is 11.8. The predicted octanol–water partition coefficient (Wildman–Crippen LogP) is 3.86. The van der Waals surface area contributed by atoms with Gasteiger partial charge in [0, 0.05) is 17.7 Å². The summed E-state index contributed by atoms with van der Waals surface area (Å²) < 4.78 is 18.3. The first-order valence-electron chi connectivity index (χ1n) is 14.0. The van der Waals surface area contributed by atoms with Crippen molar-refractivity contribution in [3.8, 4) is 11.5 Å². The molecule has 0 radical (unpaired) electrons. The van der Waals surface area contributed by atoms with Gasteiger partial charge >= 0.3 is 5.97 Å². The number of carbonyl (C=O) groups is 2. The zero-order valence-electron chi connectivity index (χ0n) is 24.4. The molecule has 0 saturated heterocycles. The number of fused-ring (bicyclic) bond motifs is 2. The van der Waals surface area contributed by atoms with Crippen LogP contribution in [0.15, 0.2) is 101 Å². The van der Waals surface area contributed by atoms with Gasteiger partial charge in [-0.25, -0.2) is 9.79 Å². The van der Waals surface area contributed by atoms with E-state index in [1.165, 1.54) is 18.8 Å². The Balaban J connectivity index is 1.72. The van der Waals surface area contributed by atoms with Gasteiger partial charge < -0.3 is 19.1 Å². The fourth-order valence-corrected chi connectivity index (χ4v) is 6.73. The third kappa shape index (κ3) is 4.64. The van der Waals surface area contributed by atoms with Gasteiger partial charge in [0.05, 0.1) is 49.4 Å². The van der Waals surface area contributed by atoms with Crippen LogP contribution in [-0.2, 0) is 14.3 Å². The number of para-hydroxylation sites is 1. The summed E-state index contributed by atoms with van der Waals surface area (Å²) in [6, 6.07) is 20.9. The molecule has 2 aliphatic heterocycles. The van der Waals surface area contributed by atoms with Crippen LogP contribution in [0.1, 0.15) is 29.7 Å². The Kier molecular flexibility index (Phi) is 7.75. The summed E-state index contributed by atoms with van der Waals surface area (Å²) in [5.74, 6) is 0.0156. The molecule has 222 valence electrons. The average Bonchev–Trinajstić information content (AvgIpc) is 3.52. The molecule has 0 saturated carbocycles. The number of benzene rings is 3. The second-order valence-electron chi connectivity index (χ2n) is 9.96. The van der Waals surface area contributed by atoms with Crippen molar-refractivity contribution in [2.75, 3.05) is 32.3 Å². The van der Waals surface area contributed by atoms with Crippen LogP contribution >= 0.6 is 11.3 Å². The Labute approximate surface area is 257 Å². The molecule has 3 aromatic carbocycles. The van der Waals surface area contributed by atoms with Gasteiger partial charge in [-0.15, -0.1) is 6.58 Å². The second-order valence-corrected chi connectivity index (χ2v) is 10.9. The summed E-state index contributed by atoms with van der Waals surface area (Å²) in [4.78, 5) is 49.0. The molecule has 0 fully saturated rings. The van der Waals surface area contributed by atoms with Crippen molar-refractivity contribution in [2.24, 2.45) is 4.99 Å². The van der Waals surface area contributed by atoms with E-state index in [1.807, 2.05) is 54.6 Å². The van der Waals surface area contributed by atoms with Crippen LogP contribution in [0.2, 0.25) is 0 Å². The van der Waals surface area contributed by atoms with Crippen LogP contribution in [0.25, 0.3) is 11.3 Å². The van der Waals surface area contributed by atoms with E-state index in [1.54, 1.807) is 36.1 Å². The molecule has 1 amide bonds. The molecule has 1 atom stereocenters.